The van der Waals surface area contributed by atoms with Gasteiger partial charge in [0, 0.05) is 0 Å². The van der Waals surface area contributed by atoms with Gasteiger partial charge in [-0.3, -0.25) is 0 Å². The highest BCUT2D eigenvalue weighted by atomic mass is 28.3. The molecule has 6 saturated carbocycles. The molecule has 1 heteroatoms. The Morgan fingerprint density at radius 3 is 1.61 bits per heavy atom. The van der Waals surface area contributed by atoms with Crippen LogP contribution < -0.4 is 0 Å². The van der Waals surface area contributed by atoms with E-state index in [1.54, 1.807) is 51.4 Å². The van der Waals surface area contributed by atoms with E-state index in [0.717, 1.165) is 70.3 Å². The lowest BCUT2D eigenvalue weighted by atomic mass is 9.49. The van der Waals surface area contributed by atoms with Crippen LogP contribution in [0.25, 0.3) is 0 Å². The molecule has 0 aromatic rings. The van der Waals surface area contributed by atoms with Crippen molar-refractivity contribution in [2.45, 2.75) is 75.5 Å². The summed E-state index contributed by atoms with van der Waals surface area (Å²) >= 11 is 0. The van der Waals surface area contributed by atoms with Gasteiger partial charge in [-0.05, 0) is 109 Å². The minimum Gasteiger partial charge on any atom is -0.0808 e. The summed E-state index contributed by atoms with van der Waals surface area (Å²) in [5, 5.41) is 0. The molecule has 6 fully saturated rings. The molecule has 0 radical (unpaired) electrons. The van der Waals surface area contributed by atoms with Crippen LogP contribution in [0.1, 0.15) is 51.4 Å². The zero-order valence-electron chi connectivity index (χ0n) is 19.7. The normalized spacial score (nSPS) is 53.9. The van der Waals surface area contributed by atoms with Crippen molar-refractivity contribution in [3.63, 3.8) is 0 Å². The topological polar surface area (TPSA) is 0 Å². The maximum atomic E-state index is 2.82. The van der Waals surface area contributed by atoms with Crippen molar-refractivity contribution in [2.24, 2.45) is 59.2 Å². The SMILES string of the molecule is C[Si](C)(C1CCC(C2C3CC4CC(C3)CC2C4)C1)C1C2C=CC=CC2C2C=CC=CC21. The van der Waals surface area contributed by atoms with Crippen LogP contribution in [0.2, 0.25) is 24.2 Å². The second-order valence-electron chi connectivity index (χ2n) is 13.5. The first kappa shape index (κ1) is 19.6. The number of rotatable bonds is 3. The smallest absolute Gasteiger partial charge is 0.0548 e. The maximum absolute atomic E-state index is 2.82. The molecule has 0 heterocycles. The first-order chi connectivity index (χ1) is 15.1. The minimum absolute atomic E-state index is 0.759. The van der Waals surface area contributed by atoms with E-state index in [9.17, 15) is 0 Å². The number of hydrogen-bond donors (Lipinski definition) is 0. The summed E-state index contributed by atoms with van der Waals surface area (Å²) < 4.78 is 0. The fourth-order valence-corrected chi connectivity index (χ4v) is 16.1. The highest BCUT2D eigenvalue weighted by molar-refractivity contribution is 6.80. The standard InChI is InChI=1S/C30H42Si/c1-31(2,30-27-9-5-3-7-25(27)26-8-4-6-10-28(26)30)24-12-11-21(18-24)29-22-14-19-13-20(16-22)17-23(29)15-19/h3-10,19-30H,11-18H2,1-2H3. The summed E-state index contributed by atoms with van der Waals surface area (Å²) in [6, 6.07) is 0. The summed E-state index contributed by atoms with van der Waals surface area (Å²) in [6.07, 6.45) is 32.6. The van der Waals surface area contributed by atoms with E-state index in [2.05, 4.69) is 61.7 Å². The van der Waals surface area contributed by atoms with E-state index in [1.165, 1.54) is 0 Å². The number of hydrogen-bond acceptors (Lipinski definition) is 0. The predicted octanol–water partition coefficient (Wildman–Crippen LogP) is 8.04. The summed E-state index contributed by atoms with van der Waals surface area (Å²) in [7, 11) is -1.37. The van der Waals surface area contributed by atoms with Crippen molar-refractivity contribution in [1.29, 1.82) is 0 Å². The molecule has 0 aromatic heterocycles. The lowest BCUT2D eigenvalue weighted by molar-refractivity contribution is -0.0604. The molecule has 8 aliphatic carbocycles. The van der Waals surface area contributed by atoms with Gasteiger partial charge >= 0.3 is 0 Å². The molecule has 8 aliphatic rings. The molecule has 0 spiro atoms. The molecule has 0 N–H and O–H groups in total. The number of allylic oxidation sites excluding steroid dienone is 8. The zero-order valence-corrected chi connectivity index (χ0v) is 20.7. The largest absolute Gasteiger partial charge is 0.0808 e. The van der Waals surface area contributed by atoms with E-state index in [0.29, 0.717) is 0 Å². The van der Waals surface area contributed by atoms with Crippen molar-refractivity contribution in [1.82, 2.24) is 0 Å². The van der Waals surface area contributed by atoms with Gasteiger partial charge in [0.25, 0.3) is 0 Å². The van der Waals surface area contributed by atoms with Gasteiger partial charge < -0.3 is 0 Å². The summed E-state index contributed by atoms with van der Waals surface area (Å²) in [6.45, 7) is 5.64. The van der Waals surface area contributed by atoms with E-state index >= 15 is 0 Å². The van der Waals surface area contributed by atoms with Crippen LogP contribution in [-0.4, -0.2) is 8.07 Å². The van der Waals surface area contributed by atoms with Crippen LogP contribution >= 0.6 is 0 Å². The predicted molar refractivity (Wildman–Crippen MR) is 133 cm³/mol. The maximum Gasteiger partial charge on any atom is 0.0548 e. The molecule has 0 saturated heterocycles. The third-order valence-corrected chi connectivity index (χ3v) is 17.1. The van der Waals surface area contributed by atoms with Crippen molar-refractivity contribution >= 4 is 8.07 Å². The monoisotopic (exact) mass is 430 g/mol. The Balaban J connectivity index is 1.13. The van der Waals surface area contributed by atoms with Gasteiger partial charge in [-0.15, -0.1) is 0 Å². The average Bonchev–Trinajstić information content (AvgIpc) is 3.37. The highest BCUT2D eigenvalue weighted by Gasteiger charge is 2.58. The van der Waals surface area contributed by atoms with Crippen LogP contribution in [0.4, 0.5) is 0 Å². The summed E-state index contributed by atoms with van der Waals surface area (Å²) in [5.41, 5.74) is 2.00. The Labute approximate surface area is 191 Å². The van der Waals surface area contributed by atoms with E-state index < -0.39 is 8.07 Å². The Hall–Kier alpha value is -0.823. The van der Waals surface area contributed by atoms with Crippen molar-refractivity contribution < 1.29 is 0 Å². The van der Waals surface area contributed by atoms with Gasteiger partial charge in [0.1, 0.15) is 0 Å². The molecule has 31 heavy (non-hydrogen) atoms. The Morgan fingerprint density at radius 2 is 1.06 bits per heavy atom. The average molecular weight is 431 g/mol. The van der Waals surface area contributed by atoms with E-state index in [4.69, 9.17) is 0 Å². The van der Waals surface area contributed by atoms with Crippen molar-refractivity contribution in [3.05, 3.63) is 48.6 Å². The second-order valence-corrected chi connectivity index (χ2v) is 18.6. The van der Waals surface area contributed by atoms with Gasteiger partial charge in [-0.25, -0.2) is 0 Å². The fourth-order valence-electron chi connectivity index (χ4n) is 11.1. The van der Waals surface area contributed by atoms with E-state index in [-0.39, 0.29) is 0 Å². The molecule has 6 atom stereocenters. The van der Waals surface area contributed by atoms with Gasteiger partial charge in [0.2, 0.25) is 0 Å². The van der Waals surface area contributed by atoms with Gasteiger partial charge in [0.15, 0.2) is 0 Å². The Kier molecular flexibility index (Phi) is 4.49. The molecule has 0 nitrogen and oxygen atoms in total. The molecule has 0 aliphatic heterocycles. The molecule has 8 rings (SSSR count). The third-order valence-electron chi connectivity index (χ3n) is 11.9. The van der Waals surface area contributed by atoms with Gasteiger partial charge in [-0.1, -0.05) is 74.5 Å². The lowest BCUT2D eigenvalue weighted by Gasteiger charge is -2.56. The molecule has 166 valence electrons. The fraction of sp³-hybridized carbons (Fsp3) is 0.733. The molecule has 6 unspecified atom stereocenters. The first-order valence-electron chi connectivity index (χ1n) is 13.8. The first-order valence-corrected chi connectivity index (χ1v) is 16.9. The van der Waals surface area contributed by atoms with Crippen LogP contribution in [0.15, 0.2) is 48.6 Å². The molecular formula is C30H42Si. The van der Waals surface area contributed by atoms with Crippen LogP contribution in [-0.2, 0) is 0 Å². The number of fused-ring (bicyclic) bond motifs is 3. The van der Waals surface area contributed by atoms with Crippen LogP contribution in [0.3, 0.4) is 0 Å². The summed E-state index contributed by atoms with van der Waals surface area (Å²) in [4.78, 5) is 0. The molecule has 4 bridgehead atoms. The van der Waals surface area contributed by atoms with Gasteiger partial charge in [-0.2, -0.15) is 0 Å². The lowest BCUT2D eigenvalue weighted by Crippen LogP contribution is -2.47. The molecule has 0 aromatic carbocycles. The van der Waals surface area contributed by atoms with Crippen LogP contribution in [0.5, 0.6) is 0 Å². The third kappa shape index (κ3) is 2.90. The highest BCUT2D eigenvalue weighted by Crippen LogP contribution is 2.65. The molecular weight excluding hydrogens is 388 g/mol. The summed E-state index contributed by atoms with van der Waals surface area (Å²) in [5.74, 6) is 9.85. The van der Waals surface area contributed by atoms with Crippen molar-refractivity contribution in [2.75, 3.05) is 0 Å². The Bertz CT molecular complexity index is 780. The van der Waals surface area contributed by atoms with Crippen molar-refractivity contribution in [3.8, 4) is 0 Å². The second kappa shape index (κ2) is 7.09. The van der Waals surface area contributed by atoms with E-state index in [1.807, 2.05) is 0 Å². The van der Waals surface area contributed by atoms with Crippen LogP contribution in [0, 0.1) is 59.2 Å². The molecule has 0 amide bonds. The quantitative estimate of drug-likeness (QED) is 0.397. The minimum atomic E-state index is -1.37. The Morgan fingerprint density at radius 1 is 0.548 bits per heavy atom. The zero-order chi connectivity index (χ0) is 20.7. The van der Waals surface area contributed by atoms with Gasteiger partial charge in [0.05, 0.1) is 8.07 Å².